The third kappa shape index (κ3) is 2.48. The van der Waals surface area contributed by atoms with Crippen molar-refractivity contribution < 1.29 is 4.79 Å². The van der Waals surface area contributed by atoms with Gasteiger partial charge < -0.3 is 10.2 Å². The highest BCUT2D eigenvalue weighted by molar-refractivity contribution is 5.77. The van der Waals surface area contributed by atoms with Crippen molar-refractivity contribution in [2.45, 2.75) is 18.9 Å². The number of nitriles is 1. The van der Waals surface area contributed by atoms with Crippen molar-refractivity contribution in [1.82, 2.24) is 10.2 Å². The first-order chi connectivity index (χ1) is 6.79. The van der Waals surface area contributed by atoms with Crippen molar-refractivity contribution in [1.29, 1.82) is 5.26 Å². The number of terminal acetylenes is 1. The van der Waals surface area contributed by atoms with E-state index in [4.69, 9.17) is 11.7 Å². The Hall–Kier alpha value is -1.52. The van der Waals surface area contributed by atoms with Crippen molar-refractivity contribution in [3.8, 4) is 18.4 Å². The molecular formula is C10H13N3O. The Balaban J connectivity index is 2.52. The van der Waals surface area contributed by atoms with E-state index in [-0.39, 0.29) is 11.9 Å². The van der Waals surface area contributed by atoms with Crippen LogP contribution in [0.2, 0.25) is 0 Å². The molecule has 1 N–H and O–H groups in total. The van der Waals surface area contributed by atoms with Gasteiger partial charge in [0.25, 0.3) is 0 Å². The van der Waals surface area contributed by atoms with E-state index in [1.807, 2.05) is 0 Å². The minimum atomic E-state index is -0.339. The molecule has 0 spiro atoms. The summed E-state index contributed by atoms with van der Waals surface area (Å²) in [5.41, 5.74) is 0. The fourth-order valence-corrected chi connectivity index (χ4v) is 1.44. The second kappa shape index (κ2) is 5.26. The van der Waals surface area contributed by atoms with Gasteiger partial charge in [-0.05, 0) is 0 Å². The molecule has 0 aromatic carbocycles. The topological polar surface area (TPSA) is 56.1 Å². The number of carbonyl (C=O) groups excluding carboxylic acids is 1. The second-order valence-corrected chi connectivity index (χ2v) is 3.14. The third-order valence-electron chi connectivity index (χ3n) is 2.20. The molecule has 14 heavy (non-hydrogen) atoms. The molecule has 1 amide bonds. The Morgan fingerprint density at radius 2 is 2.50 bits per heavy atom. The zero-order valence-electron chi connectivity index (χ0n) is 7.99. The normalized spacial score (nSPS) is 21.0. The lowest BCUT2D eigenvalue weighted by Crippen LogP contribution is -2.52. The summed E-state index contributed by atoms with van der Waals surface area (Å²) < 4.78 is 0. The van der Waals surface area contributed by atoms with E-state index in [1.54, 1.807) is 4.90 Å². The number of nitrogens with zero attached hydrogens (tertiary/aromatic N) is 2. The van der Waals surface area contributed by atoms with E-state index in [2.05, 4.69) is 17.3 Å². The smallest absolute Gasteiger partial charge is 0.224 e. The molecule has 1 fully saturated rings. The summed E-state index contributed by atoms with van der Waals surface area (Å²) in [6, 6.07) is 1.76. The van der Waals surface area contributed by atoms with Gasteiger partial charge in [-0.15, -0.1) is 12.3 Å². The van der Waals surface area contributed by atoms with E-state index in [9.17, 15) is 4.79 Å². The van der Waals surface area contributed by atoms with Gasteiger partial charge in [0, 0.05) is 32.5 Å². The molecule has 1 unspecified atom stereocenters. The maximum absolute atomic E-state index is 11.6. The molecule has 1 heterocycles. The Kier molecular flexibility index (Phi) is 3.97. The zero-order valence-corrected chi connectivity index (χ0v) is 7.99. The van der Waals surface area contributed by atoms with Gasteiger partial charge in [-0.25, -0.2) is 0 Å². The van der Waals surface area contributed by atoms with E-state index < -0.39 is 0 Å². The fourth-order valence-electron chi connectivity index (χ4n) is 1.44. The first-order valence-electron chi connectivity index (χ1n) is 4.63. The number of nitrogens with one attached hydrogen (secondary N) is 1. The van der Waals surface area contributed by atoms with Gasteiger partial charge in [0.05, 0.1) is 6.07 Å². The third-order valence-corrected chi connectivity index (χ3v) is 2.20. The van der Waals surface area contributed by atoms with E-state index in [0.717, 1.165) is 6.54 Å². The molecule has 1 aliphatic rings. The van der Waals surface area contributed by atoms with Crippen LogP contribution in [-0.2, 0) is 4.79 Å². The Morgan fingerprint density at radius 3 is 3.14 bits per heavy atom. The quantitative estimate of drug-likeness (QED) is 0.611. The zero-order chi connectivity index (χ0) is 10.4. The number of carbonyl (C=O) groups is 1. The first-order valence-corrected chi connectivity index (χ1v) is 4.63. The molecule has 0 bridgehead atoms. The predicted octanol–water partition coefficient (Wildman–Crippen LogP) is -0.276. The molecule has 4 heteroatoms. The van der Waals surface area contributed by atoms with Crippen LogP contribution in [-0.4, -0.2) is 36.5 Å². The summed E-state index contributed by atoms with van der Waals surface area (Å²) >= 11 is 0. The van der Waals surface area contributed by atoms with Crippen LogP contribution in [0, 0.1) is 23.7 Å². The van der Waals surface area contributed by atoms with E-state index in [0.29, 0.717) is 25.9 Å². The van der Waals surface area contributed by atoms with Crippen LogP contribution in [0.1, 0.15) is 12.8 Å². The van der Waals surface area contributed by atoms with Crippen molar-refractivity contribution in [3.63, 3.8) is 0 Å². The van der Waals surface area contributed by atoms with Crippen LogP contribution >= 0.6 is 0 Å². The van der Waals surface area contributed by atoms with Crippen molar-refractivity contribution in [2.24, 2.45) is 0 Å². The molecule has 1 atom stereocenters. The van der Waals surface area contributed by atoms with Gasteiger partial charge in [-0.3, -0.25) is 4.79 Å². The van der Waals surface area contributed by atoms with E-state index >= 15 is 0 Å². The number of rotatable bonds is 2. The maximum atomic E-state index is 11.6. The summed E-state index contributed by atoms with van der Waals surface area (Å²) in [4.78, 5) is 13.2. The van der Waals surface area contributed by atoms with Crippen LogP contribution in [0.25, 0.3) is 0 Å². The Labute approximate surface area is 83.9 Å². The van der Waals surface area contributed by atoms with Crippen molar-refractivity contribution in [2.75, 3.05) is 19.6 Å². The van der Waals surface area contributed by atoms with Gasteiger partial charge in [-0.1, -0.05) is 0 Å². The fraction of sp³-hybridized carbons (Fsp3) is 0.600. The van der Waals surface area contributed by atoms with Crippen LogP contribution in [0.3, 0.4) is 0 Å². The Morgan fingerprint density at radius 1 is 1.71 bits per heavy atom. The van der Waals surface area contributed by atoms with Crippen molar-refractivity contribution >= 4 is 5.91 Å². The molecule has 4 nitrogen and oxygen atoms in total. The SMILES string of the molecule is C#CCCC(=O)N1CCNCC1C#N. The monoisotopic (exact) mass is 191 g/mol. The molecule has 1 aliphatic heterocycles. The Bertz CT molecular complexity index is 287. The highest BCUT2D eigenvalue weighted by atomic mass is 16.2. The lowest BCUT2D eigenvalue weighted by atomic mass is 10.2. The molecule has 1 saturated heterocycles. The van der Waals surface area contributed by atoms with Gasteiger partial charge in [0.2, 0.25) is 5.91 Å². The second-order valence-electron chi connectivity index (χ2n) is 3.14. The molecule has 0 aromatic heterocycles. The molecule has 74 valence electrons. The molecule has 1 rings (SSSR count). The minimum Gasteiger partial charge on any atom is -0.324 e. The van der Waals surface area contributed by atoms with Crippen LogP contribution in [0.15, 0.2) is 0 Å². The predicted molar refractivity (Wildman–Crippen MR) is 52.1 cm³/mol. The van der Waals surface area contributed by atoms with Crippen LogP contribution in [0.5, 0.6) is 0 Å². The van der Waals surface area contributed by atoms with Gasteiger partial charge in [0.15, 0.2) is 0 Å². The molecular weight excluding hydrogens is 178 g/mol. The summed E-state index contributed by atoms with van der Waals surface area (Å²) in [5.74, 6) is 2.41. The number of hydrogen-bond acceptors (Lipinski definition) is 3. The number of amides is 1. The van der Waals surface area contributed by atoms with Crippen molar-refractivity contribution in [3.05, 3.63) is 0 Å². The summed E-state index contributed by atoms with van der Waals surface area (Å²) in [7, 11) is 0. The van der Waals surface area contributed by atoms with Crippen LogP contribution < -0.4 is 5.32 Å². The standard InChI is InChI=1S/C10H13N3O/c1-2-3-4-10(14)13-6-5-12-8-9(13)7-11/h1,9,12H,3-6,8H2. The summed E-state index contributed by atoms with van der Waals surface area (Å²) in [6.07, 6.45) is 5.86. The van der Waals surface area contributed by atoms with Crippen LogP contribution in [0.4, 0.5) is 0 Å². The minimum absolute atomic E-state index is 0.0176. The number of piperazine rings is 1. The first kappa shape index (κ1) is 10.6. The molecule has 0 saturated carbocycles. The highest BCUT2D eigenvalue weighted by Gasteiger charge is 2.25. The summed E-state index contributed by atoms with van der Waals surface area (Å²) in [6.45, 7) is 1.90. The average Bonchev–Trinajstić information content (AvgIpc) is 2.25. The molecule has 0 aliphatic carbocycles. The summed E-state index contributed by atoms with van der Waals surface area (Å²) in [5, 5.41) is 11.9. The number of hydrogen-bond donors (Lipinski definition) is 1. The largest absolute Gasteiger partial charge is 0.324 e. The van der Waals surface area contributed by atoms with Gasteiger partial charge in [-0.2, -0.15) is 5.26 Å². The van der Waals surface area contributed by atoms with Gasteiger partial charge in [0.1, 0.15) is 6.04 Å². The lowest BCUT2D eigenvalue weighted by molar-refractivity contribution is -0.133. The van der Waals surface area contributed by atoms with E-state index in [1.165, 1.54) is 0 Å². The maximum Gasteiger partial charge on any atom is 0.224 e. The highest BCUT2D eigenvalue weighted by Crippen LogP contribution is 2.05. The van der Waals surface area contributed by atoms with Gasteiger partial charge >= 0.3 is 0 Å². The average molecular weight is 191 g/mol. The lowest BCUT2D eigenvalue weighted by Gasteiger charge is -2.31. The molecule has 0 aromatic rings. The molecule has 0 radical (unpaired) electrons.